The summed E-state index contributed by atoms with van der Waals surface area (Å²) < 4.78 is 0. The molecule has 4 rings (SSSR count). The summed E-state index contributed by atoms with van der Waals surface area (Å²) in [5.74, 6) is 0.752. The highest BCUT2D eigenvalue weighted by molar-refractivity contribution is 6.01. The van der Waals surface area contributed by atoms with Gasteiger partial charge in [0.15, 0.2) is 0 Å². The van der Waals surface area contributed by atoms with Gasteiger partial charge in [-0.3, -0.25) is 4.79 Å². The molecular weight excluding hydrogens is 314 g/mol. The van der Waals surface area contributed by atoms with E-state index in [9.17, 15) is 4.79 Å². The molecule has 0 aliphatic carbocycles. The van der Waals surface area contributed by atoms with Gasteiger partial charge in [-0.1, -0.05) is 18.2 Å². The predicted octanol–water partition coefficient (Wildman–Crippen LogP) is 2.83. The number of hydrogen-bond acceptors (Lipinski definition) is 5. The molecule has 1 saturated heterocycles. The zero-order valence-electron chi connectivity index (χ0n) is 14.1. The van der Waals surface area contributed by atoms with Crippen molar-refractivity contribution in [1.82, 2.24) is 14.9 Å². The largest absolute Gasteiger partial charge is 0.361 e. The Kier molecular flexibility index (Phi) is 4.09. The van der Waals surface area contributed by atoms with E-state index < -0.39 is 0 Å². The van der Waals surface area contributed by atoms with Gasteiger partial charge in [0.25, 0.3) is 5.91 Å². The van der Waals surface area contributed by atoms with Gasteiger partial charge in [0.05, 0.1) is 5.56 Å². The predicted molar refractivity (Wildman–Crippen MR) is 97.5 cm³/mol. The molecule has 2 aliphatic rings. The van der Waals surface area contributed by atoms with Crippen molar-refractivity contribution < 1.29 is 4.79 Å². The van der Waals surface area contributed by atoms with E-state index in [1.165, 1.54) is 12.8 Å². The van der Waals surface area contributed by atoms with Crippen LogP contribution >= 0.6 is 0 Å². The standard InChI is InChI=1S/C19H21N5O/c1-2-9-24-17(22-16-8-4-3-7-15(16)18(24)25)14-12-20-19(21-13-14)23-10-5-6-11-23/h2-4,7-8,12-13,17,22H,1,5-6,9-11H2. The Morgan fingerprint density at radius 2 is 1.92 bits per heavy atom. The van der Waals surface area contributed by atoms with Crippen molar-refractivity contribution >= 4 is 17.5 Å². The number of fused-ring (bicyclic) bond motifs is 1. The molecule has 6 nitrogen and oxygen atoms in total. The van der Waals surface area contributed by atoms with E-state index in [1.54, 1.807) is 11.0 Å². The number of hydrogen-bond donors (Lipinski definition) is 1. The number of nitrogens with zero attached hydrogens (tertiary/aromatic N) is 4. The topological polar surface area (TPSA) is 61.4 Å². The van der Waals surface area contributed by atoms with Crippen LogP contribution in [-0.2, 0) is 0 Å². The molecule has 0 saturated carbocycles. The summed E-state index contributed by atoms with van der Waals surface area (Å²) in [6.45, 7) is 6.26. The van der Waals surface area contributed by atoms with Gasteiger partial charge in [-0.25, -0.2) is 9.97 Å². The Labute approximate surface area is 147 Å². The smallest absolute Gasteiger partial charge is 0.258 e. The number of carbonyl (C=O) groups excluding carboxylic acids is 1. The van der Waals surface area contributed by atoms with Gasteiger partial charge in [0.1, 0.15) is 6.17 Å². The molecule has 6 heteroatoms. The number of anilines is 2. The van der Waals surface area contributed by atoms with Gasteiger partial charge in [0, 0.05) is 43.3 Å². The number of aromatic nitrogens is 2. The van der Waals surface area contributed by atoms with E-state index in [1.807, 2.05) is 36.7 Å². The third-order valence-electron chi connectivity index (χ3n) is 4.71. The first kappa shape index (κ1) is 15.6. The van der Waals surface area contributed by atoms with Crippen LogP contribution in [0.5, 0.6) is 0 Å². The molecule has 1 fully saturated rings. The molecule has 2 aliphatic heterocycles. The van der Waals surface area contributed by atoms with Crippen LogP contribution in [-0.4, -0.2) is 40.4 Å². The van der Waals surface area contributed by atoms with Crippen molar-refractivity contribution in [2.24, 2.45) is 0 Å². The fraction of sp³-hybridized carbons (Fsp3) is 0.316. The van der Waals surface area contributed by atoms with Crippen molar-refractivity contribution in [2.75, 3.05) is 29.9 Å². The van der Waals surface area contributed by atoms with Gasteiger partial charge in [-0.05, 0) is 25.0 Å². The Hall–Kier alpha value is -2.89. The average molecular weight is 335 g/mol. The molecule has 1 unspecified atom stereocenters. The summed E-state index contributed by atoms with van der Waals surface area (Å²) in [5.41, 5.74) is 2.38. The normalized spacial score (nSPS) is 19.5. The summed E-state index contributed by atoms with van der Waals surface area (Å²) in [6.07, 6.45) is 7.44. The van der Waals surface area contributed by atoms with Gasteiger partial charge < -0.3 is 15.1 Å². The number of rotatable bonds is 4. The highest BCUT2D eigenvalue weighted by Gasteiger charge is 2.32. The van der Waals surface area contributed by atoms with Gasteiger partial charge >= 0.3 is 0 Å². The van der Waals surface area contributed by atoms with E-state index in [0.717, 1.165) is 30.3 Å². The average Bonchev–Trinajstić information content (AvgIpc) is 3.19. The molecule has 128 valence electrons. The molecule has 1 aromatic carbocycles. The second-order valence-electron chi connectivity index (χ2n) is 6.35. The highest BCUT2D eigenvalue weighted by Crippen LogP contribution is 2.32. The lowest BCUT2D eigenvalue weighted by molar-refractivity contribution is 0.0707. The Balaban J connectivity index is 1.65. The lowest BCUT2D eigenvalue weighted by Gasteiger charge is -2.37. The van der Waals surface area contributed by atoms with Crippen molar-refractivity contribution in [2.45, 2.75) is 19.0 Å². The summed E-state index contributed by atoms with van der Waals surface area (Å²) in [5, 5.41) is 3.43. The lowest BCUT2D eigenvalue weighted by Crippen LogP contribution is -2.43. The zero-order chi connectivity index (χ0) is 17.2. The zero-order valence-corrected chi connectivity index (χ0v) is 14.1. The SMILES string of the molecule is C=CCN1C(=O)c2ccccc2NC1c1cnc(N2CCCC2)nc1. The van der Waals surface area contributed by atoms with Crippen LogP contribution in [0.2, 0.25) is 0 Å². The van der Waals surface area contributed by atoms with E-state index in [0.29, 0.717) is 12.1 Å². The second-order valence-corrected chi connectivity index (χ2v) is 6.35. The number of carbonyl (C=O) groups is 1. The summed E-state index contributed by atoms with van der Waals surface area (Å²) in [4.78, 5) is 25.8. The molecule has 1 atom stereocenters. The first-order chi connectivity index (χ1) is 12.3. The number of benzene rings is 1. The molecule has 1 N–H and O–H groups in total. The first-order valence-electron chi connectivity index (χ1n) is 8.62. The van der Waals surface area contributed by atoms with Crippen LogP contribution in [0.1, 0.15) is 34.9 Å². The van der Waals surface area contributed by atoms with E-state index in [2.05, 4.69) is 26.8 Å². The molecule has 0 spiro atoms. The molecule has 0 bridgehead atoms. The van der Waals surface area contributed by atoms with Crippen molar-refractivity contribution in [3.8, 4) is 0 Å². The number of para-hydroxylation sites is 1. The maximum absolute atomic E-state index is 12.9. The maximum atomic E-state index is 12.9. The van der Waals surface area contributed by atoms with Crippen LogP contribution < -0.4 is 10.2 Å². The van der Waals surface area contributed by atoms with E-state index in [4.69, 9.17) is 0 Å². The monoisotopic (exact) mass is 335 g/mol. The minimum absolute atomic E-state index is 0.0112. The number of nitrogens with one attached hydrogen (secondary N) is 1. The summed E-state index contributed by atoms with van der Waals surface area (Å²) in [6, 6.07) is 7.56. The fourth-order valence-corrected chi connectivity index (χ4v) is 3.44. The summed E-state index contributed by atoms with van der Waals surface area (Å²) in [7, 11) is 0. The van der Waals surface area contributed by atoms with Gasteiger partial charge in [-0.2, -0.15) is 0 Å². The Morgan fingerprint density at radius 1 is 1.20 bits per heavy atom. The first-order valence-corrected chi connectivity index (χ1v) is 8.62. The van der Waals surface area contributed by atoms with Crippen molar-refractivity contribution in [3.63, 3.8) is 0 Å². The summed E-state index contributed by atoms with van der Waals surface area (Å²) >= 11 is 0. The number of amides is 1. The molecule has 3 heterocycles. The highest BCUT2D eigenvalue weighted by atomic mass is 16.2. The van der Waals surface area contributed by atoms with Gasteiger partial charge in [-0.15, -0.1) is 6.58 Å². The molecule has 1 amide bonds. The van der Waals surface area contributed by atoms with E-state index in [-0.39, 0.29) is 12.1 Å². The van der Waals surface area contributed by atoms with Crippen LogP contribution in [0.25, 0.3) is 0 Å². The van der Waals surface area contributed by atoms with Crippen LogP contribution in [0.4, 0.5) is 11.6 Å². The fourth-order valence-electron chi connectivity index (χ4n) is 3.44. The van der Waals surface area contributed by atoms with Crippen molar-refractivity contribution in [1.29, 1.82) is 0 Å². The molecule has 25 heavy (non-hydrogen) atoms. The molecule has 1 aromatic heterocycles. The molecular formula is C19H21N5O. The third kappa shape index (κ3) is 2.84. The Morgan fingerprint density at radius 3 is 2.64 bits per heavy atom. The van der Waals surface area contributed by atoms with Crippen LogP contribution in [0, 0.1) is 0 Å². The van der Waals surface area contributed by atoms with Crippen molar-refractivity contribution in [3.05, 3.63) is 60.4 Å². The second kappa shape index (κ2) is 6.55. The molecule has 0 radical (unpaired) electrons. The quantitative estimate of drug-likeness (QED) is 0.871. The van der Waals surface area contributed by atoms with Gasteiger partial charge in [0.2, 0.25) is 5.95 Å². The van der Waals surface area contributed by atoms with Crippen LogP contribution in [0.3, 0.4) is 0 Å². The third-order valence-corrected chi connectivity index (χ3v) is 4.71. The Bertz CT molecular complexity index is 783. The molecule has 2 aromatic rings. The van der Waals surface area contributed by atoms with E-state index >= 15 is 0 Å². The minimum Gasteiger partial charge on any atom is -0.361 e. The van der Waals surface area contributed by atoms with Crippen LogP contribution in [0.15, 0.2) is 49.3 Å². The minimum atomic E-state index is -0.298. The maximum Gasteiger partial charge on any atom is 0.258 e. The lowest BCUT2D eigenvalue weighted by atomic mass is 10.1.